The first-order chi connectivity index (χ1) is 9.00. The van der Waals surface area contributed by atoms with Crippen molar-refractivity contribution in [3.05, 3.63) is 28.8 Å². The van der Waals surface area contributed by atoms with E-state index in [1.807, 2.05) is 0 Å². The molecule has 1 saturated heterocycles. The highest BCUT2D eigenvalue weighted by atomic mass is 35.5. The van der Waals surface area contributed by atoms with Crippen LogP contribution >= 0.6 is 11.6 Å². The third kappa shape index (κ3) is 3.69. The minimum absolute atomic E-state index is 0.267. The van der Waals surface area contributed by atoms with E-state index in [-0.39, 0.29) is 4.90 Å². The Morgan fingerprint density at radius 1 is 1.47 bits per heavy atom. The van der Waals surface area contributed by atoms with E-state index in [0.717, 1.165) is 25.9 Å². The molecule has 1 aliphatic heterocycles. The molecule has 6 heteroatoms. The van der Waals surface area contributed by atoms with Crippen molar-refractivity contribution in [2.45, 2.75) is 24.7 Å². The van der Waals surface area contributed by atoms with Crippen LogP contribution in [0.1, 0.15) is 18.4 Å². The molecule has 0 radical (unpaired) electrons. The molecule has 0 saturated carbocycles. The van der Waals surface area contributed by atoms with Crippen molar-refractivity contribution in [2.24, 2.45) is 5.92 Å². The lowest BCUT2D eigenvalue weighted by molar-refractivity contribution is 0.376. The molecule has 1 aliphatic rings. The monoisotopic (exact) mass is 302 g/mol. The van der Waals surface area contributed by atoms with Gasteiger partial charge in [-0.15, -0.1) is 0 Å². The first-order valence-corrected chi connectivity index (χ1v) is 8.32. The molecule has 0 aliphatic carbocycles. The van der Waals surface area contributed by atoms with Gasteiger partial charge in [-0.3, -0.25) is 0 Å². The Labute approximate surface area is 119 Å². The van der Waals surface area contributed by atoms with E-state index in [4.69, 9.17) is 11.6 Å². The van der Waals surface area contributed by atoms with Gasteiger partial charge in [0, 0.05) is 11.6 Å². The van der Waals surface area contributed by atoms with E-state index in [1.54, 1.807) is 25.1 Å². The van der Waals surface area contributed by atoms with Crippen LogP contribution in [0.3, 0.4) is 0 Å². The lowest BCUT2D eigenvalue weighted by atomic mass is 10.0. The second-order valence-electron chi connectivity index (χ2n) is 4.93. The van der Waals surface area contributed by atoms with Gasteiger partial charge in [0.25, 0.3) is 0 Å². The van der Waals surface area contributed by atoms with Crippen LogP contribution < -0.4 is 10.0 Å². The molecule has 4 nitrogen and oxygen atoms in total. The minimum atomic E-state index is -3.48. The Hall–Kier alpha value is -0.620. The topological polar surface area (TPSA) is 58.2 Å². The zero-order valence-corrected chi connectivity index (χ0v) is 12.5. The SMILES string of the molecule is Cc1c(Cl)cccc1S(=O)(=O)NC[C@H]1CCCNC1. The van der Waals surface area contributed by atoms with Crippen molar-refractivity contribution in [1.82, 2.24) is 10.0 Å². The highest BCUT2D eigenvalue weighted by Crippen LogP contribution is 2.22. The molecule has 0 aromatic heterocycles. The normalized spacial score (nSPS) is 20.4. The number of halogens is 1. The molecule has 2 rings (SSSR count). The fraction of sp³-hybridized carbons (Fsp3) is 0.538. The zero-order chi connectivity index (χ0) is 13.9. The quantitative estimate of drug-likeness (QED) is 0.893. The van der Waals surface area contributed by atoms with Crippen molar-refractivity contribution in [2.75, 3.05) is 19.6 Å². The van der Waals surface area contributed by atoms with Gasteiger partial charge in [0.05, 0.1) is 4.90 Å². The number of piperidine rings is 1. The van der Waals surface area contributed by atoms with Gasteiger partial charge in [-0.25, -0.2) is 13.1 Å². The Morgan fingerprint density at radius 3 is 2.95 bits per heavy atom. The van der Waals surface area contributed by atoms with E-state index in [1.165, 1.54) is 0 Å². The maximum Gasteiger partial charge on any atom is 0.240 e. The molecular formula is C13H19ClN2O2S. The molecule has 1 heterocycles. The fourth-order valence-corrected chi connectivity index (χ4v) is 3.89. The highest BCUT2D eigenvalue weighted by molar-refractivity contribution is 7.89. The van der Waals surface area contributed by atoms with Crippen LogP contribution in [0.25, 0.3) is 0 Å². The lowest BCUT2D eigenvalue weighted by Crippen LogP contribution is -2.38. The maximum absolute atomic E-state index is 12.3. The van der Waals surface area contributed by atoms with Gasteiger partial charge in [-0.05, 0) is 56.5 Å². The smallest absolute Gasteiger partial charge is 0.240 e. The fourth-order valence-electron chi connectivity index (χ4n) is 2.28. The van der Waals surface area contributed by atoms with Crippen molar-refractivity contribution >= 4 is 21.6 Å². The van der Waals surface area contributed by atoms with Crippen LogP contribution in [-0.2, 0) is 10.0 Å². The zero-order valence-electron chi connectivity index (χ0n) is 10.9. The first kappa shape index (κ1) is 14.8. The van der Waals surface area contributed by atoms with E-state index in [0.29, 0.717) is 23.0 Å². The van der Waals surface area contributed by atoms with Gasteiger partial charge in [0.15, 0.2) is 0 Å². The number of hydrogen-bond donors (Lipinski definition) is 2. The van der Waals surface area contributed by atoms with Gasteiger partial charge in [-0.1, -0.05) is 17.7 Å². The highest BCUT2D eigenvalue weighted by Gasteiger charge is 2.20. The van der Waals surface area contributed by atoms with Crippen molar-refractivity contribution in [3.8, 4) is 0 Å². The van der Waals surface area contributed by atoms with Gasteiger partial charge in [-0.2, -0.15) is 0 Å². The molecule has 1 atom stereocenters. The van der Waals surface area contributed by atoms with Crippen LogP contribution in [-0.4, -0.2) is 28.1 Å². The number of sulfonamides is 1. The molecule has 0 bridgehead atoms. The average molecular weight is 303 g/mol. The summed E-state index contributed by atoms with van der Waals surface area (Å²) in [5.74, 6) is 0.364. The molecule has 1 aromatic carbocycles. The maximum atomic E-state index is 12.3. The summed E-state index contributed by atoms with van der Waals surface area (Å²) in [5.41, 5.74) is 0.596. The van der Waals surface area contributed by atoms with Crippen LogP contribution in [0.4, 0.5) is 0 Å². The van der Waals surface area contributed by atoms with Crippen LogP contribution in [0.15, 0.2) is 23.1 Å². The summed E-state index contributed by atoms with van der Waals surface area (Å²) >= 11 is 5.97. The molecule has 0 unspecified atom stereocenters. The number of rotatable bonds is 4. The summed E-state index contributed by atoms with van der Waals surface area (Å²) in [4.78, 5) is 0.267. The molecule has 0 spiro atoms. The lowest BCUT2D eigenvalue weighted by Gasteiger charge is -2.23. The molecule has 106 valence electrons. The van der Waals surface area contributed by atoms with Crippen LogP contribution in [0, 0.1) is 12.8 Å². The number of benzene rings is 1. The summed E-state index contributed by atoms with van der Waals surface area (Å²) in [7, 11) is -3.48. The van der Waals surface area contributed by atoms with Crippen LogP contribution in [0.5, 0.6) is 0 Å². The molecule has 2 N–H and O–H groups in total. The number of hydrogen-bond acceptors (Lipinski definition) is 3. The molecule has 19 heavy (non-hydrogen) atoms. The minimum Gasteiger partial charge on any atom is -0.316 e. The Morgan fingerprint density at radius 2 is 2.26 bits per heavy atom. The Kier molecular flexibility index (Phi) is 4.84. The average Bonchev–Trinajstić information content (AvgIpc) is 2.41. The van der Waals surface area contributed by atoms with Crippen LogP contribution in [0.2, 0.25) is 5.02 Å². The third-order valence-corrected chi connectivity index (χ3v) is 5.45. The van der Waals surface area contributed by atoms with E-state index in [2.05, 4.69) is 10.0 Å². The van der Waals surface area contributed by atoms with E-state index >= 15 is 0 Å². The molecule has 1 fully saturated rings. The molecular weight excluding hydrogens is 284 g/mol. The first-order valence-electron chi connectivity index (χ1n) is 6.46. The molecule has 1 aromatic rings. The van der Waals surface area contributed by atoms with Crippen molar-refractivity contribution < 1.29 is 8.42 Å². The standard InChI is InChI=1S/C13H19ClN2O2S/c1-10-12(14)5-2-6-13(10)19(17,18)16-9-11-4-3-7-15-8-11/h2,5-6,11,15-16H,3-4,7-9H2,1H3/t11-/m0/s1. The van der Waals surface area contributed by atoms with Crippen molar-refractivity contribution in [1.29, 1.82) is 0 Å². The summed E-state index contributed by atoms with van der Waals surface area (Å²) < 4.78 is 27.2. The van der Waals surface area contributed by atoms with E-state index < -0.39 is 10.0 Å². The second-order valence-corrected chi connectivity index (χ2v) is 7.07. The summed E-state index contributed by atoms with van der Waals surface area (Å²) in [6.07, 6.45) is 2.16. The van der Waals surface area contributed by atoms with Gasteiger partial charge < -0.3 is 5.32 Å². The second kappa shape index (κ2) is 6.22. The van der Waals surface area contributed by atoms with Gasteiger partial charge in [0.1, 0.15) is 0 Å². The molecule has 0 amide bonds. The largest absolute Gasteiger partial charge is 0.316 e. The number of nitrogens with one attached hydrogen (secondary N) is 2. The van der Waals surface area contributed by atoms with Crippen molar-refractivity contribution in [3.63, 3.8) is 0 Å². The summed E-state index contributed by atoms with van der Waals surface area (Å²) in [6, 6.07) is 4.94. The Bertz CT molecular complexity index is 540. The van der Waals surface area contributed by atoms with Gasteiger partial charge >= 0.3 is 0 Å². The third-order valence-electron chi connectivity index (χ3n) is 3.47. The summed E-state index contributed by atoms with van der Waals surface area (Å²) in [6.45, 7) is 4.09. The van der Waals surface area contributed by atoms with Gasteiger partial charge in [0.2, 0.25) is 10.0 Å². The summed E-state index contributed by atoms with van der Waals surface area (Å²) in [5, 5.41) is 3.75. The predicted octanol–water partition coefficient (Wildman–Crippen LogP) is 1.93. The predicted molar refractivity (Wildman–Crippen MR) is 77.0 cm³/mol. The van der Waals surface area contributed by atoms with E-state index in [9.17, 15) is 8.42 Å². The Balaban J connectivity index is 2.07.